The molecule has 1 fully saturated rings. The van der Waals surface area contributed by atoms with Crippen LogP contribution in [0.25, 0.3) is 0 Å². The number of fused-ring (bicyclic) bond motifs is 2. The average molecular weight is 609 g/mol. The second-order valence-electron chi connectivity index (χ2n) is 10.2. The van der Waals surface area contributed by atoms with Crippen molar-refractivity contribution in [3.63, 3.8) is 0 Å². The quantitative estimate of drug-likeness (QED) is 0.226. The molecule has 2 aromatic rings. The largest absolute Gasteiger partial charge is 0.463 e. The molecule has 0 spiro atoms. The highest BCUT2D eigenvalue weighted by Crippen LogP contribution is 2.35. The third-order valence-electron chi connectivity index (χ3n) is 7.27. The van der Waals surface area contributed by atoms with Crippen LogP contribution >= 0.6 is 0 Å². The first-order valence-corrected chi connectivity index (χ1v) is 13.7. The summed E-state index contributed by atoms with van der Waals surface area (Å²) >= 11 is 0. The summed E-state index contributed by atoms with van der Waals surface area (Å²) in [5, 5.41) is 0. The van der Waals surface area contributed by atoms with Gasteiger partial charge in [-0.1, -0.05) is 24.3 Å². The predicted molar refractivity (Wildman–Crippen MR) is 145 cm³/mol. The van der Waals surface area contributed by atoms with E-state index < -0.39 is 78.8 Å². The number of carbonyl (C=O) groups excluding carboxylic acids is 7. The molecule has 14 heteroatoms. The molecule has 3 heterocycles. The molecule has 44 heavy (non-hydrogen) atoms. The Morgan fingerprint density at radius 1 is 0.705 bits per heavy atom. The Morgan fingerprint density at radius 3 is 1.66 bits per heavy atom. The van der Waals surface area contributed by atoms with E-state index in [1.807, 2.05) is 0 Å². The lowest BCUT2D eigenvalue weighted by Gasteiger charge is -2.47. The summed E-state index contributed by atoms with van der Waals surface area (Å²) in [6, 6.07) is 10.8. The topological polar surface area (TPSA) is 172 Å². The Morgan fingerprint density at radius 2 is 1.18 bits per heavy atom. The molecule has 4 amide bonds. The Hall–Kier alpha value is -4.95. The van der Waals surface area contributed by atoms with Crippen LogP contribution in [0.1, 0.15) is 62.2 Å². The van der Waals surface area contributed by atoms with E-state index in [1.165, 1.54) is 24.3 Å². The van der Waals surface area contributed by atoms with Gasteiger partial charge in [0.05, 0.1) is 35.4 Å². The van der Waals surface area contributed by atoms with Gasteiger partial charge in [-0.15, -0.1) is 0 Å². The van der Waals surface area contributed by atoms with Crippen molar-refractivity contribution in [3.05, 3.63) is 70.8 Å². The highest BCUT2D eigenvalue weighted by Gasteiger charge is 2.57. The minimum Gasteiger partial charge on any atom is -0.463 e. The first-order valence-electron chi connectivity index (χ1n) is 13.7. The van der Waals surface area contributed by atoms with E-state index in [0.717, 1.165) is 30.6 Å². The zero-order chi connectivity index (χ0) is 31.7. The number of hydrogen-bond acceptors (Lipinski definition) is 12. The zero-order valence-electron chi connectivity index (χ0n) is 23.9. The summed E-state index contributed by atoms with van der Waals surface area (Å²) in [5.74, 6) is -4.89. The molecule has 2 aromatic carbocycles. The molecule has 3 aliphatic heterocycles. The summed E-state index contributed by atoms with van der Waals surface area (Å²) in [6.45, 7) is 2.28. The van der Waals surface area contributed by atoms with Crippen molar-refractivity contribution in [3.8, 4) is 0 Å². The number of benzene rings is 2. The van der Waals surface area contributed by atoms with E-state index in [2.05, 4.69) is 0 Å². The van der Waals surface area contributed by atoms with Crippen LogP contribution in [0.4, 0.5) is 0 Å². The highest BCUT2D eigenvalue weighted by molar-refractivity contribution is 6.22. The van der Waals surface area contributed by atoms with Crippen LogP contribution in [0.2, 0.25) is 0 Å². The SMILES string of the molecule is CC(=O)OCC1O[C@@H](OCCN2C(=O)c3ccccc3C2=O)C(N2C(=O)c3ccccc3C2=O)[C@@H](OC(C)=O)[C@@H]1OC(C)=O. The maximum atomic E-state index is 13.6. The molecule has 230 valence electrons. The summed E-state index contributed by atoms with van der Waals surface area (Å²) < 4.78 is 28.2. The molecule has 0 saturated carbocycles. The van der Waals surface area contributed by atoms with Crippen molar-refractivity contribution >= 4 is 41.5 Å². The molecule has 5 rings (SSSR count). The molecule has 0 bridgehead atoms. The van der Waals surface area contributed by atoms with Gasteiger partial charge in [-0.05, 0) is 24.3 Å². The molecule has 5 atom stereocenters. The van der Waals surface area contributed by atoms with Gasteiger partial charge in [-0.2, -0.15) is 0 Å². The number of amides is 4. The second-order valence-corrected chi connectivity index (χ2v) is 10.2. The maximum Gasteiger partial charge on any atom is 0.303 e. The molecule has 0 radical (unpaired) electrons. The first kappa shape index (κ1) is 30.5. The molecule has 0 aliphatic carbocycles. The number of imide groups is 2. The van der Waals surface area contributed by atoms with Crippen LogP contribution in [-0.2, 0) is 38.1 Å². The Bertz CT molecular complexity index is 1480. The normalized spacial score (nSPS) is 24.2. The van der Waals surface area contributed by atoms with Gasteiger partial charge in [0.25, 0.3) is 23.6 Å². The zero-order valence-corrected chi connectivity index (χ0v) is 23.9. The van der Waals surface area contributed by atoms with E-state index in [0.29, 0.717) is 0 Å². The average Bonchev–Trinajstić information content (AvgIpc) is 3.37. The smallest absolute Gasteiger partial charge is 0.303 e. The molecule has 2 unspecified atom stereocenters. The number of ether oxygens (including phenoxy) is 5. The Kier molecular flexibility index (Phi) is 8.56. The van der Waals surface area contributed by atoms with Crippen molar-refractivity contribution in [1.29, 1.82) is 0 Å². The number of hydrogen-bond donors (Lipinski definition) is 0. The molecule has 3 aliphatic rings. The van der Waals surface area contributed by atoms with E-state index in [4.69, 9.17) is 23.7 Å². The van der Waals surface area contributed by atoms with Gasteiger partial charge in [0.1, 0.15) is 18.8 Å². The van der Waals surface area contributed by atoms with Crippen molar-refractivity contribution in [2.75, 3.05) is 19.8 Å². The van der Waals surface area contributed by atoms with Crippen molar-refractivity contribution in [2.24, 2.45) is 0 Å². The molecule has 0 aromatic heterocycles. The molecule has 0 N–H and O–H groups in total. The van der Waals surface area contributed by atoms with Crippen molar-refractivity contribution < 1.29 is 57.2 Å². The number of rotatable bonds is 9. The monoisotopic (exact) mass is 608 g/mol. The van der Waals surface area contributed by atoms with Crippen molar-refractivity contribution in [2.45, 2.75) is 51.4 Å². The highest BCUT2D eigenvalue weighted by atomic mass is 16.7. The third kappa shape index (κ3) is 5.68. The van der Waals surface area contributed by atoms with Crippen LogP contribution in [0, 0.1) is 0 Å². The van der Waals surface area contributed by atoms with E-state index in [-0.39, 0.29) is 35.4 Å². The fourth-order valence-corrected chi connectivity index (χ4v) is 5.48. The Balaban J connectivity index is 1.48. The summed E-state index contributed by atoms with van der Waals surface area (Å²) in [6.07, 6.45) is -5.80. The fraction of sp³-hybridized carbons (Fsp3) is 0.367. The van der Waals surface area contributed by atoms with Crippen LogP contribution in [0.5, 0.6) is 0 Å². The summed E-state index contributed by atoms with van der Waals surface area (Å²) in [7, 11) is 0. The number of carbonyl (C=O) groups is 7. The lowest BCUT2D eigenvalue weighted by atomic mass is 9.94. The number of esters is 3. The van der Waals surface area contributed by atoms with Gasteiger partial charge in [0.15, 0.2) is 18.5 Å². The van der Waals surface area contributed by atoms with Crippen molar-refractivity contribution in [1.82, 2.24) is 9.80 Å². The van der Waals surface area contributed by atoms with Gasteiger partial charge in [-0.25, -0.2) is 0 Å². The van der Waals surface area contributed by atoms with E-state index in [1.54, 1.807) is 24.3 Å². The van der Waals surface area contributed by atoms with Gasteiger partial charge in [0, 0.05) is 20.8 Å². The minimum absolute atomic E-state index is 0.0786. The molecular formula is C30H28N2O12. The molecule has 1 saturated heterocycles. The first-order chi connectivity index (χ1) is 21.0. The van der Waals surface area contributed by atoms with E-state index >= 15 is 0 Å². The second kappa shape index (κ2) is 12.3. The van der Waals surface area contributed by atoms with Crippen LogP contribution in [0.15, 0.2) is 48.5 Å². The standard InChI is InChI=1S/C30H28N2O12/c1-15(33)41-14-22-24(42-16(2)34)25(43-17(3)35)23(32-28(38)20-10-6-7-11-21(20)29(32)39)30(44-22)40-13-12-31-26(36)18-8-4-5-9-19(18)27(31)37/h4-11,22-25,30H,12-14H2,1-3H3/t22?,23?,24-,25-,30-/m1/s1. The van der Waals surface area contributed by atoms with E-state index in [9.17, 15) is 33.6 Å². The fourth-order valence-electron chi connectivity index (χ4n) is 5.48. The predicted octanol–water partition coefficient (Wildman–Crippen LogP) is 1.12. The van der Waals surface area contributed by atoms with Gasteiger partial charge in [0.2, 0.25) is 0 Å². The maximum absolute atomic E-state index is 13.6. The van der Waals surface area contributed by atoms with Crippen LogP contribution in [-0.4, -0.2) is 102 Å². The lowest BCUT2D eigenvalue weighted by molar-refractivity contribution is -0.285. The Labute approximate surface area is 250 Å². The summed E-state index contributed by atoms with van der Waals surface area (Å²) in [4.78, 5) is 90.8. The third-order valence-corrected chi connectivity index (χ3v) is 7.27. The summed E-state index contributed by atoms with van der Waals surface area (Å²) in [5.41, 5.74) is 0.622. The van der Waals surface area contributed by atoms with Gasteiger partial charge in [-0.3, -0.25) is 43.4 Å². The molecule has 14 nitrogen and oxygen atoms in total. The van der Waals surface area contributed by atoms with Gasteiger partial charge >= 0.3 is 17.9 Å². The minimum atomic E-state index is -1.55. The number of nitrogens with zero attached hydrogens (tertiary/aromatic N) is 2. The molecular weight excluding hydrogens is 580 g/mol. The van der Waals surface area contributed by atoms with Gasteiger partial charge < -0.3 is 23.7 Å². The lowest BCUT2D eigenvalue weighted by Crippen LogP contribution is -2.67. The van der Waals surface area contributed by atoms with Crippen LogP contribution < -0.4 is 0 Å². The van der Waals surface area contributed by atoms with Crippen LogP contribution in [0.3, 0.4) is 0 Å².